The maximum Gasteiger partial charge on any atom is 0.387 e. The molecule has 0 aromatic heterocycles. The van der Waals surface area contributed by atoms with Gasteiger partial charge in [-0.3, -0.25) is 4.79 Å². The Labute approximate surface area is 198 Å². The fraction of sp³-hybridized carbons (Fsp3) is 0.480. The highest BCUT2D eigenvalue weighted by atomic mass is 35.5. The number of halogens is 3. The molecule has 2 heterocycles. The molecule has 2 aromatic carbocycles. The summed E-state index contributed by atoms with van der Waals surface area (Å²) in [6, 6.07) is 14.4. The summed E-state index contributed by atoms with van der Waals surface area (Å²) in [5, 5.41) is 3.98. The van der Waals surface area contributed by atoms with Gasteiger partial charge in [-0.1, -0.05) is 23.7 Å². The van der Waals surface area contributed by atoms with E-state index in [1.165, 1.54) is 12.8 Å². The highest BCUT2D eigenvalue weighted by molar-refractivity contribution is 6.30. The number of benzene rings is 2. The molecule has 0 radical (unpaired) electrons. The number of anilines is 1. The Kier molecular flexibility index (Phi) is 8.04. The summed E-state index contributed by atoms with van der Waals surface area (Å²) in [7, 11) is 0. The zero-order valence-electron chi connectivity index (χ0n) is 18.6. The Morgan fingerprint density at radius 2 is 1.76 bits per heavy atom. The highest BCUT2D eigenvalue weighted by Gasteiger charge is 2.30. The number of amides is 1. The van der Waals surface area contributed by atoms with Crippen molar-refractivity contribution >= 4 is 23.2 Å². The second-order valence-electron chi connectivity index (χ2n) is 8.85. The summed E-state index contributed by atoms with van der Waals surface area (Å²) >= 11 is 5.99. The predicted molar refractivity (Wildman–Crippen MR) is 126 cm³/mol. The molecule has 1 unspecified atom stereocenters. The Morgan fingerprint density at radius 1 is 1.06 bits per heavy atom. The molecule has 2 aromatic rings. The average Bonchev–Trinajstić information content (AvgIpc) is 3.48. The number of carbonyl (C=O) groups is 1. The minimum absolute atomic E-state index is 0.0398. The number of ether oxygens (including phenoxy) is 1. The first-order valence-electron chi connectivity index (χ1n) is 11.5. The molecule has 2 aliphatic rings. The molecular weight excluding hydrogens is 448 g/mol. The van der Waals surface area contributed by atoms with Gasteiger partial charge in [0.1, 0.15) is 5.75 Å². The molecule has 2 fully saturated rings. The number of alkyl halides is 2. The number of nitrogens with zero attached hydrogens (tertiary/aromatic N) is 2. The predicted octanol–water partition coefficient (Wildman–Crippen LogP) is 4.59. The zero-order chi connectivity index (χ0) is 23.2. The van der Waals surface area contributed by atoms with Gasteiger partial charge in [0.25, 0.3) is 0 Å². The standard InChI is InChI=1S/C25H30ClF2N3O2/c26-20-5-7-22(8-6-20)31-14-11-19(16-31)24(32)29-21(17-30-12-1-2-13-30)15-18-3-9-23(10-4-18)33-25(27)28/h3-10,19,21,25H,1-2,11-17H2,(H,29,32)/t19-,21?/m1/s1. The van der Waals surface area contributed by atoms with Gasteiger partial charge in [-0.25, -0.2) is 0 Å². The van der Waals surface area contributed by atoms with Gasteiger partial charge in [-0.2, -0.15) is 8.78 Å². The van der Waals surface area contributed by atoms with Crippen LogP contribution in [0.1, 0.15) is 24.8 Å². The van der Waals surface area contributed by atoms with E-state index in [9.17, 15) is 13.6 Å². The van der Waals surface area contributed by atoms with Crippen LogP contribution in [0.3, 0.4) is 0 Å². The second-order valence-corrected chi connectivity index (χ2v) is 9.28. The molecule has 178 valence electrons. The Morgan fingerprint density at radius 3 is 2.42 bits per heavy atom. The molecule has 0 saturated carbocycles. The topological polar surface area (TPSA) is 44.8 Å². The van der Waals surface area contributed by atoms with Crippen LogP contribution in [0.25, 0.3) is 0 Å². The lowest BCUT2D eigenvalue weighted by atomic mass is 10.0. The van der Waals surface area contributed by atoms with E-state index in [1.807, 2.05) is 24.3 Å². The molecule has 2 aliphatic heterocycles. The first kappa shape index (κ1) is 23.8. The molecule has 0 bridgehead atoms. The summed E-state index contributed by atoms with van der Waals surface area (Å²) in [6.45, 7) is 1.56. The van der Waals surface area contributed by atoms with Crippen molar-refractivity contribution in [2.24, 2.45) is 5.92 Å². The molecule has 0 spiro atoms. The molecule has 1 N–H and O–H groups in total. The van der Waals surface area contributed by atoms with Gasteiger partial charge in [0, 0.05) is 36.4 Å². The second kappa shape index (κ2) is 11.2. The smallest absolute Gasteiger partial charge is 0.387 e. The summed E-state index contributed by atoms with van der Waals surface area (Å²) in [5.41, 5.74) is 2.06. The molecule has 0 aliphatic carbocycles. The van der Waals surface area contributed by atoms with E-state index in [-0.39, 0.29) is 23.6 Å². The molecular formula is C25H30ClF2N3O2. The van der Waals surface area contributed by atoms with Gasteiger partial charge < -0.3 is 19.9 Å². The minimum Gasteiger partial charge on any atom is -0.435 e. The van der Waals surface area contributed by atoms with Crippen LogP contribution in [-0.2, 0) is 11.2 Å². The van der Waals surface area contributed by atoms with E-state index in [4.69, 9.17) is 11.6 Å². The summed E-state index contributed by atoms with van der Waals surface area (Å²) in [5.74, 6) is 0.152. The first-order valence-corrected chi connectivity index (χ1v) is 11.9. The van der Waals surface area contributed by atoms with Gasteiger partial charge in [-0.15, -0.1) is 0 Å². The van der Waals surface area contributed by atoms with Crippen molar-refractivity contribution in [1.82, 2.24) is 10.2 Å². The molecule has 33 heavy (non-hydrogen) atoms. The minimum atomic E-state index is -2.84. The van der Waals surface area contributed by atoms with E-state index >= 15 is 0 Å². The first-order chi connectivity index (χ1) is 16.0. The van der Waals surface area contributed by atoms with Crippen LogP contribution in [0.4, 0.5) is 14.5 Å². The van der Waals surface area contributed by atoms with Crippen LogP contribution in [0.15, 0.2) is 48.5 Å². The average molecular weight is 478 g/mol. The number of carbonyl (C=O) groups excluding carboxylic acids is 1. The molecule has 1 amide bonds. The van der Waals surface area contributed by atoms with Gasteiger partial charge in [0.2, 0.25) is 5.91 Å². The number of nitrogens with one attached hydrogen (secondary N) is 1. The molecule has 2 atom stereocenters. The zero-order valence-corrected chi connectivity index (χ0v) is 19.3. The van der Waals surface area contributed by atoms with Gasteiger partial charge >= 0.3 is 6.61 Å². The van der Waals surface area contributed by atoms with Crippen LogP contribution >= 0.6 is 11.6 Å². The summed E-state index contributed by atoms with van der Waals surface area (Å²) < 4.78 is 29.3. The largest absolute Gasteiger partial charge is 0.435 e. The third kappa shape index (κ3) is 6.81. The third-order valence-corrected chi connectivity index (χ3v) is 6.66. The van der Waals surface area contributed by atoms with E-state index in [0.29, 0.717) is 18.0 Å². The van der Waals surface area contributed by atoms with E-state index in [2.05, 4.69) is 19.9 Å². The van der Waals surface area contributed by atoms with E-state index < -0.39 is 6.61 Å². The van der Waals surface area contributed by atoms with E-state index in [0.717, 1.165) is 43.9 Å². The van der Waals surface area contributed by atoms with Crippen LogP contribution < -0.4 is 15.0 Å². The fourth-order valence-corrected chi connectivity index (χ4v) is 4.84. The van der Waals surface area contributed by atoms with Crippen LogP contribution in [-0.4, -0.2) is 56.2 Å². The normalized spacial score (nSPS) is 19.8. The van der Waals surface area contributed by atoms with Crippen molar-refractivity contribution < 1.29 is 18.3 Å². The molecule has 8 heteroatoms. The quantitative estimate of drug-likeness (QED) is 0.573. The van der Waals surface area contributed by atoms with Gasteiger partial charge in [0.15, 0.2) is 0 Å². The SMILES string of the molecule is O=C(NC(Cc1ccc(OC(F)F)cc1)CN1CCCC1)[C@@H]1CCN(c2ccc(Cl)cc2)C1. The monoisotopic (exact) mass is 477 g/mol. The van der Waals surface area contributed by atoms with Crippen LogP contribution in [0.5, 0.6) is 5.75 Å². The fourth-order valence-electron chi connectivity index (χ4n) is 4.71. The Bertz CT molecular complexity index is 905. The lowest BCUT2D eigenvalue weighted by Crippen LogP contribution is -2.46. The van der Waals surface area contributed by atoms with Crippen molar-refractivity contribution in [3.63, 3.8) is 0 Å². The number of hydrogen-bond acceptors (Lipinski definition) is 4. The molecule has 2 saturated heterocycles. The third-order valence-electron chi connectivity index (χ3n) is 6.41. The van der Waals surface area contributed by atoms with Crippen molar-refractivity contribution in [1.29, 1.82) is 0 Å². The van der Waals surface area contributed by atoms with Gasteiger partial charge in [0.05, 0.1) is 5.92 Å². The van der Waals surface area contributed by atoms with Crippen molar-refractivity contribution in [2.45, 2.75) is 38.3 Å². The maximum absolute atomic E-state index is 13.1. The molecule has 5 nitrogen and oxygen atoms in total. The number of hydrogen-bond donors (Lipinski definition) is 1. The molecule has 4 rings (SSSR count). The number of rotatable bonds is 9. The lowest BCUT2D eigenvalue weighted by molar-refractivity contribution is -0.125. The highest BCUT2D eigenvalue weighted by Crippen LogP contribution is 2.25. The van der Waals surface area contributed by atoms with Crippen LogP contribution in [0.2, 0.25) is 5.02 Å². The summed E-state index contributed by atoms with van der Waals surface area (Å²) in [4.78, 5) is 17.7. The Hall–Kier alpha value is -2.38. The van der Waals surface area contributed by atoms with Gasteiger partial charge in [-0.05, 0) is 80.7 Å². The maximum atomic E-state index is 13.1. The van der Waals surface area contributed by atoms with Crippen molar-refractivity contribution in [3.8, 4) is 5.75 Å². The lowest BCUT2D eigenvalue weighted by Gasteiger charge is -2.26. The Balaban J connectivity index is 1.37. The van der Waals surface area contributed by atoms with E-state index in [1.54, 1.807) is 24.3 Å². The van der Waals surface area contributed by atoms with Crippen LogP contribution in [0, 0.1) is 5.92 Å². The van der Waals surface area contributed by atoms with Crippen molar-refractivity contribution in [3.05, 3.63) is 59.1 Å². The van der Waals surface area contributed by atoms with Crippen molar-refractivity contribution in [2.75, 3.05) is 37.6 Å². The summed E-state index contributed by atoms with van der Waals surface area (Å²) in [6.07, 6.45) is 3.81. The number of likely N-dealkylation sites (tertiary alicyclic amines) is 1.